The van der Waals surface area contributed by atoms with Gasteiger partial charge in [-0.3, -0.25) is 14.0 Å². The number of nitrogens with zero attached hydrogens (tertiary/aromatic N) is 5. The van der Waals surface area contributed by atoms with Crippen molar-refractivity contribution in [3.05, 3.63) is 41.2 Å². The number of benzene rings is 1. The molecule has 0 aliphatic carbocycles. The Morgan fingerprint density at radius 2 is 1.82 bits per heavy atom. The van der Waals surface area contributed by atoms with Gasteiger partial charge in [-0.15, -0.1) is 0 Å². The van der Waals surface area contributed by atoms with Gasteiger partial charge in [-0.25, -0.2) is 9.78 Å². The normalized spacial score (nSPS) is 16.7. The minimum Gasteiger partial charge on any atom is -0.379 e. The molecular weight excluding hydrogens is 354 g/mol. The summed E-state index contributed by atoms with van der Waals surface area (Å²) in [7, 11) is 0. The number of rotatable bonds is 6. The zero-order valence-corrected chi connectivity index (χ0v) is 17.0. The summed E-state index contributed by atoms with van der Waals surface area (Å²) >= 11 is 0. The van der Waals surface area contributed by atoms with E-state index in [0.29, 0.717) is 19.1 Å². The van der Waals surface area contributed by atoms with Gasteiger partial charge in [-0.05, 0) is 32.9 Å². The second kappa shape index (κ2) is 7.93. The molecule has 28 heavy (non-hydrogen) atoms. The maximum atomic E-state index is 12.6. The average Bonchev–Trinajstić information content (AvgIpc) is 3.30. The summed E-state index contributed by atoms with van der Waals surface area (Å²) in [6, 6.07) is 6.59. The summed E-state index contributed by atoms with van der Waals surface area (Å²) in [5.74, 6) is 0. The van der Waals surface area contributed by atoms with Crippen LogP contribution in [0.15, 0.2) is 35.5 Å². The number of imidazole rings is 2. The smallest absolute Gasteiger partial charge is 0.329 e. The van der Waals surface area contributed by atoms with Crippen molar-refractivity contribution in [2.75, 3.05) is 32.8 Å². The van der Waals surface area contributed by atoms with Crippen LogP contribution in [0.25, 0.3) is 22.3 Å². The molecule has 150 valence electrons. The molecule has 1 aliphatic heterocycles. The van der Waals surface area contributed by atoms with Crippen molar-refractivity contribution >= 4 is 11.0 Å². The Hall–Kier alpha value is -2.38. The third kappa shape index (κ3) is 3.29. The predicted octanol–water partition coefficient (Wildman–Crippen LogP) is 2.60. The zero-order valence-electron chi connectivity index (χ0n) is 17.0. The summed E-state index contributed by atoms with van der Waals surface area (Å²) in [4.78, 5) is 19.5. The van der Waals surface area contributed by atoms with Gasteiger partial charge in [-0.2, -0.15) is 0 Å². The van der Waals surface area contributed by atoms with Crippen molar-refractivity contribution in [3.63, 3.8) is 0 Å². The lowest BCUT2D eigenvalue weighted by Gasteiger charge is -2.30. The van der Waals surface area contributed by atoms with Gasteiger partial charge in [0, 0.05) is 44.3 Å². The molecule has 7 heteroatoms. The van der Waals surface area contributed by atoms with Crippen molar-refractivity contribution < 1.29 is 4.74 Å². The minimum atomic E-state index is 0.0614. The summed E-state index contributed by atoms with van der Waals surface area (Å²) < 4.78 is 11.4. The molecule has 2 aromatic heterocycles. The predicted molar refractivity (Wildman–Crippen MR) is 111 cm³/mol. The number of hydrogen-bond acceptors (Lipinski definition) is 4. The maximum Gasteiger partial charge on any atom is 0.329 e. The van der Waals surface area contributed by atoms with Crippen molar-refractivity contribution in [2.24, 2.45) is 0 Å². The number of morpholine rings is 1. The summed E-state index contributed by atoms with van der Waals surface area (Å²) in [5, 5.41) is 0. The lowest BCUT2D eigenvalue weighted by molar-refractivity contribution is 0.0326. The molecule has 0 bridgehead atoms. The standard InChI is InChI=1S/C21H29N5O2/c1-4-24-18-7-6-17(12-19(18)25(5-2)21(24)27)20-13-22-15-26(20)16(3)14-23-8-10-28-11-9-23/h6-7,12-13,15-16H,4-5,8-11,14H2,1-3H3/t16-/m1/s1. The monoisotopic (exact) mass is 383 g/mol. The third-order valence-corrected chi connectivity index (χ3v) is 5.71. The van der Waals surface area contributed by atoms with Gasteiger partial charge in [0.15, 0.2) is 0 Å². The number of hydrogen-bond donors (Lipinski definition) is 0. The molecule has 0 spiro atoms. The first kappa shape index (κ1) is 19.0. The fourth-order valence-corrected chi connectivity index (χ4v) is 4.22. The summed E-state index contributed by atoms with van der Waals surface area (Å²) in [6.45, 7) is 12.1. The lowest BCUT2D eigenvalue weighted by atomic mass is 10.1. The molecule has 0 radical (unpaired) electrons. The molecule has 1 fully saturated rings. The van der Waals surface area contributed by atoms with E-state index in [1.165, 1.54) is 0 Å². The Labute approximate surface area is 165 Å². The molecule has 1 aromatic carbocycles. The fraction of sp³-hybridized carbons (Fsp3) is 0.524. The summed E-state index contributed by atoms with van der Waals surface area (Å²) in [5.41, 5.74) is 4.22. The van der Waals surface area contributed by atoms with Crippen LogP contribution in [-0.2, 0) is 17.8 Å². The van der Waals surface area contributed by atoms with Gasteiger partial charge >= 0.3 is 5.69 Å². The Bertz CT molecular complexity index is 1010. The number of aromatic nitrogens is 4. The first-order valence-electron chi connectivity index (χ1n) is 10.2. The van der Waals surface area contributed by atoms with Crippen molar-refractivity contribution in [2.45, 2.75) is 39.9 Å². The van der Waals surface area contributed by atoms with Crippen LogP contribution in [0.4, 0.5) is 0 Å². The van der Waals surface area contributed by atoms with Gasteiger partial charge < -0.3 is 9.30 Å². The van der Waals surface area contributed by atoms with Crippen LogP contribution in [0.3, 0.4) is 0 Å². The maximum absolute atomic E-state index is 12.6. The molecule has 1 saturated heterocycles. The Kier molecular flexibility index (Phi) is 5.37. The Morgan fingerprint density at radius 3 is 2.54 bits per heavy atom. The van der Waals surface area contributed by atoms with Gasteiger partial charge in [0.25, 0.3) is 0 Å². The third-order valence-electron chi connectivity index (χ3n) is 5.71. The molecule has 3 aromatic rings. The van der Waals surface area contributed by atoms with Gasteiger partial charge in [0.2, 0.25) is 0 Å². The first-order valence-corrected chi connectivity index (χ1v) is 10.2. The molecule has 1 aliphatic rings. The van der Waals surface area contributed by atoms with Gasteiger partial charge in [0.05, 0.1) is 42.5 Å². The van der Waals surface area contributed by atoms with Crippen molar-refractivity contribution in [3.8, 4) is 11.3 Å². The molecule has 0 amide bonds. The topological polar surface area (TPSA) is 57.2 Å². The number of fused-ring (bicyclic) bond motifs is 1. The highest BCUT2D eigenvalue weighted by atomic mass is 16.5. The van der Waals surface area contributed by atoms with Crippen LogP contribution in [0, 0.1) is 0 Å². The van der Waals surface area contributed by atoms with Crippen LogP contribution in [0.5, 0.6) is 0 Å². The van der Waals surface area contributed by atoms with Crippen molar-refractivity contribution in [1.82, 2.24) is 23.6 Å². The molecule has 0 saturated carbocycles. The quantitative estimate of drug-likeness (QED) is 0.657. The van der Waals surface area contributed by atoms with E-state index in [-0.39, 0.29) is 5.69 Å². The molecule has 3 heterocycles. The van der Waals surface area contributed by atoms with E-state index in [1.54, 1.807) is 0 Å². The highest BCUT2D eigenvalue weighted by Gasteiger charge is 2.18. The molecule has 0 N–H and O–H groups in total. The van der Waals surface area contributed by atoms with E-state index in [0.717, 1.165) is 55.1 Å². The molecule has 4 rings (SSSR count). The second-order valence-electron chi connectivity index (χ2n) is 7.42. The van der Waals surface area contributed by atoms with E-state index in [9.17, 15) is 4.79 Å². The number of aryl methyl sites for hydroxylation is 2. The molecule has 0 unspecified atom stereocenters. The average molecular weight is 383 g/mol. The molecule has 1 atom stereocenters. The fourth-order valence-electron chi connectivity index (χ4n) is 4.22. The first-order chi connectivity index (χ1) is 13.6. The van der Waals surface area contributed by atoms with Crippen LogP contribution in [-0.4, -0.2) is 56.4 Å². The highest BCUT2D eigenvalue weighted by molar-refractivity contribution is 5.82. The molecular formula is C21H29N5O2. The highest BCUT2D eigenvalue weighted by Crippen LogP contribution is 2.26. The van der Waals surface area contributed by atoms with E-state index >= 15 is 0 Å². The van der Waals surface area contributed by atoms with Gasteiger partial charge in [0.1, 0.15) is 0 Å². The summed E-state index contributed by atoms with van der Waals surface area (Å²) in [6.07, 6.45) is 3.83. The van der Waals surface area contributed by atoms with Crippen LogP contribution < -0.4 is 5.69 Å². The number of ether oxygens (including phenoxy) is 1. The largest absolute Gasteiger partial charge is 0.379 e. The Morgan fingerprint density at radius 1 is 1.11 bits per heavy atom. The lowest BCUT2D eigenvalue weighted by Crippen LogP contribution is -2.39. The van der Waals surface area contributed by atoms with Crippen LogP contribution in [0.2, 0.25) is 0 Å². The molecule has 7 nitrogen and oxygen atoms in total. The second-order valence-corrected chi connectivity index (χ2v) is 7.42. The van der Waals surface area contributed by atoms with E-state index < -0.39 is 0 Å². The van der Waals surface area contributed by atoms with Gasteiger partial charge in [-0.1, -0.05) is 6.07 Å². The van der Waals surface area contributed by atoms with Crippen molar-refractivity contribution in [1.29, 1.82) is 0 Å². The zero-order chi connectivity index (χ0) is 19.7. The van der Waals surface area contributed by atoms with E-state index in [1.807, 2.05) is 35.5 Å². The van der Waals surface area contributed by atoms with Crippen LogP contribution >= 0.6 is 0 Å². The Balaban J connectivity index is 1.69. The van der Waals surface area contributed by atoms with Crippen LogP contribution in [0.1, 0.15) is 26.8 Å². The van der Waals surface area contributed by atoms with E-state index in [4.69, 9.17) is 4.74 Å². The minimum absolute atomic E-state index is 0.0614. The SMILES string of the molecule is CCn1c(=O)n(CC)c2cc(-c3cncn3[C@H](C)CN3CCOCC3)ccc21. The van der Waals surface area contributed by atoms with E-state index in [2.05, 4.69) is 39.6 Å².